The standard InChI is InChI=1S/C6H8ClN3O/c7-3-6(11)8-4-5-1-2-9-10-5/h1-2H,3-4H2,(H,8,11)(H,9,10). The molecule has 0 spiro atoms. The van der Waals surface area contributed by atoms with Crippen molar-refractivity contribution >= 4 is 17.5 Å². The van der Waals surface area contributed by atoms with Crippen LogP contribution in [0.15, 0.2) is 12.3 Å². The van der Waals surface area contributed by atoms with E-state index in [0.717, 1.165) is 5.69 Å². The fraction of sp³-hybridized carbons (Fsp3) is 0.333. The van der Waals surface area contributed by atoms with Crippen molar-refractivity contribution in [1.29, 1.82) is 0 Å². The molecule has 0 aromatic carbocycles. The molecule has 1 aromatic heterocycles. The number of rotatable bonds is 3. The minimum atomic E-state index is -0.179. The van der Waals surface area contributed by atoms with Crippen LogP contribution in [0.3, 0.4) is 0 Å². The highest BCUT2D eigenvalue weighted by Gasteiger charge is 1.97. The van der Waals surface area contributed by atoms with Crippen LogP contribution in [0, 0.1) is 0 Å². The second-order valence-electron chi connectivity index (χ2n) is 1.99. The molecule has 0 aliphatic rings. The number of alkyl halides is 1. The smallest absolute Gasteiger partial charge is 0.235 e. The average molecular weight is 174 g/mol. The van der Waals surface area contributed by atoms with E-state index in [4.69, 9.17) is 11.6 Å². The summed E-state index contributed by atoms with van der Waals surface area (Å²) in [6, 6.07) is 1.79. The Bertz CT molecular complexity index is 222. The molecule has 60 valence electrons. The van der Waals surface area contributed by atoms with Gasteiger partial charge in [-0.15, -0.1) is 11.6 Å². The summed E-state index contributed by atoms with van der Waals surface area (Å²) >= 11 is 5.25. The molecule has 0 saturated heterocycles. The summed E-state index contributed by atoms with van der Waals surface area (Å²) in [5.41, 5.74) is 0.864. The third-order valence-electron chi connectivity index (χ3n) is 1.16. The molecule has 0 unspecified atom stereocenters. The van der Waals surface area contributed by atoms with Gasteiger partial charge in [0.2, 0.25) is 5.91 Å². The van der Waals surface area contributed by atoms with Gasteiger partial charge >= 0.3 is 0 Å². The fourth-order valence-electron chi connectivity index (χ4n) is 0.624. The van der Waals surface area contributed by atoms with Gasteiger partial charge in [-0.2, -0.15) is 5.10 Å². The second-order valence-corrected chi connectivity index (χ2v) is 2.26. The lowest BCUT2D eigenvalue weighted by Gasteiger charge is -1.98. The summed E-state index contributed by atoms with van der Waals surface area (Å²) in [6.07, 6.45) is 1.63. The highest BCUT2D eigenvalue weighted by molar-refractivity contribution is 6.27. The van der Waals surface area contributed by atoms with Crippen molar-refractivity contribution in [2.24, 2.45) is 0 Å². The molecule has 0 atom stereocenters. The number of nitrogens with one attached hydrogen (secondary N) is 2. The predicted octanol–water partition coefficient (Wildman–Crippen LogP) is 0.265. The van der Waals surface area contributed by atoms with E-state index < -0.39 is 0 Å². The lowest BCUT2D eigenvalue weighted by molar-refractivity contribution is -0.118. The zero-order valence-corrected chi connectivity index (χ0v) is 6.56. The third kappa shape index (κ3) is 2.59. The Morgan fingerprint density at radius 3 is 3.18 bits per heavy atom. The molecule has 5 heteroatoms. The zero-order chi connectivity index (χ0) is 8.10. The molecule has 1 rings (SSSR count). The highest BCUT2D eigenvalue weighted by Crippen LogP contribution is 1.89. The van der Waals surface area contributed by atoms with Crippen molar-refractivity contribution in [3.8, 4) is 0 Å². The number of carbonyl (C=O) groups excluding carboxylic acids is 1. The van der Waals surface area contributed by atoms with Gasteiger partial charge < -0.3 is 5.32 Å². The van der Waals surface area contributed by atoms with Crippen molar-refractivity contribution in [2.45, 2.75) is 6.54 Å². The summed E-state index contributed by atoms with van der Waals surface area (Å²) in [6.45, 7) is 0.450. The second kappa shape index (κ2) is 3.98. The van der Waals surface area contributed by atoms with Gasteiger partial charge in [-0.1, -0.05) is 0 Å². The van der Waals surface area contributed by atoms with Gasteiger partial charge in [-0.3, -0.25) is 9.89 Å². The molecule has 4 nitrogen and oxygen atoms in total. The molecule has 0 bridgehead atoms. The molecule has 0 aliphatic heterocycles. The summed E-state index contributed by atoms with van der Waals surface area (Å²) in [5, 5.41) is 9.02. The SMILES string of the molecule is O=C(CCl)NCc1ccn[nH]1. The van der Waals surface area contributed by atoms with Crippen LogP contribution in [0.4, 0.5) is 0 Å². The lowest BCUT2D eigenvalue weighted by atomic mass is 10.4. The molecule has 0 fully saturated rings. The maximum atomic E-state index is 10.6. The van der Waals surface area contributed by atoms with E-state index in [0.29, 0.717) is 6.54 Å². The summed E-state index contributed by atoms with van der Waals surface area (Å²) in [7, 11) is 0. The zero-order valence-electron chi connectivity index (χ0n) is 5.80. The maximum Gasteiger partial charge on any atom is 0.235 e. The van der Waals surface area contributed by atoms with E-state index >= 15 is 0 Å². The van der Waals surface area contributed by atoms with Gasteiger partial charge in [0.25, 0.3) is 0 Å². The van der Waals surface area contributed by atoms with Crippen molar-refractivity contribution in [3.05, 3.63) is 18.0 Å². The topological polar surface area (TPSA) is 57.8 Å². The number of amides is 1. The number of aromatic nitrogens is 2. The lowest BCUT2D eigenvalue weighted by Crippen LogP contribution is -2.23. The van der Waals surface area contributed by atoms with E-state index in [1.54, 1.807) is 12.3 Å². The molecular weight excluding hydrogens is 166 g/mol. The van der Waals surface area contributed by atoms with E-state index in [2.05, 4.69) is 15.5 Å². The number of H-pyrrole nitrogens is 1. The van der Waals surface area contributed by atoms with Crippen LogP contribution in [0.2, 0.25) is 0 Å². The molecule has 1 aromatic rings. The largest absolute Gasteiger partial charge is 0.349 e. The van der Waals surface area contributed by atoms with Crippen LogP contribution in [-0.2, 0) is 11.3 Å². The number of carbonyl (C=O) groups is 1. The van der Waals surface area contributed by atoms with E-state index in [9.17, 15) is 4.79 Å². The Labute approximate surface area is 68.9 Å². The highest BCUT2D eigenvalue weighted by atomic mass is 35.5. The molecule has 1 heterocycles. The molecule has 11 heavy (non-hydrogen) atoms. The molecule has 2 N–H and O–H groups in total. The molecular formula is C6H8ClN3O. The molecule has 0 radical (unpaired) electrons. The third-order valence-corrected chi connectivity index (χ3v) is 1.40. The first-order valence-corrected chi connectivity index (χ1v) is 3.67. The predicted molar refractivity (Wildman–Crippen MR) is 41.2 cm³/mol. The Hall–Kier alpha value is -1.03. The van der Waals surface area contributed by atoms with Gasteiger partial charge in [0.05, 0.1) is 12.2 Å². The Morgan fingerprint density at radius 1 is 1.82 bits per heavy atom. The van der Waals surface area contributed by atoms with Crippen LogP contribution in [0.1, 0.15) is 5.69 Å². The van der Waals surface area contributed by atoms with Crippen LogP contribution in [-0.4, -0.2) is 22.0 Å². The maximum absolute atomic E-state index is 10.6. The molecule has 0 saturated carbocycles. The molecule has 1 amide bonds. The van der Waals surface area contributed by atoms with Gasteiger partial charge in [-0.25, -0.2) is 0 Å². The van der Waals surface area contributed by atoms with Gasteiger partial charge in [0.15, 0.2) is 0 Å². The van der Waals surface area contributed by atoms with E-state index in [1.165, 1.54) is 0 Å². The minimum Gasteiger partial charge on any atom is -0.349 e. The summed E-state index contributed by atoms with van der Waals surface area (Å²) in [5.74, 6) is -0.185. The Kier molecular flexibility index (Phi) is 2.92. The van der Waals surface area contributed by atoms with Crippen LogP contribution >= 0.6 is 11.6 Å². The number of aromatic amines is 1. The van der Waals surface area contributed by atoms with Gasteiger partial charge in [-0.05, 0) is 6.07 Å². The quantitative estimate of drug-likeness (QED) is 0.645. The van der Waals surface area contributed by atoms with Crippen LogP contribution < -0.4 is 5.32 Å². The first kappa shape index (κ1) is 8.07. The average Bonchev–Trinajstić information content (AvgIpc) is 2.52. The van der Waals surface area contributed by atoms with Crippen molar-refractivity contribution in [3.63, 3.8) is 0 Å². The fourth-order valence-corrected chi connectivity index (χ4v) is 0.719. The minimum absolute atomic E-state index is 0.00582. The summed E-state index contributed by atoms with van der Waals surface area (Å²) in [4.78, 5) is 10.6. The van der Waals surface area contributed by atoms with Crippen molar-refractivity contribution < 1.29 is 4.79 Å². The van der Waals surface area contributed by atoms with Crippen molar-refractivity contribution in [1.82, 2.24) is 15.5 Å². The molecule has 0 aliphatic carbocycles. The monoisotopic (exact) mass is 173 g/mol. The van der Waals surface area contributed by atoms with Crippen molar-refractivity contribution in [2.75, 3.05) is 5.88 Å². The van der Waals surface area contributed by atoms with Gasteiger partial charge in [0.1, 0.15) is 5.88 Å². The van der Waals surface area contributed by atoms with Gasteiger partial charge in [0, 0.05) is 6.20 Å². The number of hydrogen-bond acceptors (Lipinski definition) is 2. The Morgan fingerprint density at radius 2 is 2.64 bits per heavy atom. The number of halogens is 1. The first-order valence-electron chi connectivity index (χ1n) is 3.14. The van der Waals surface area contributed by atoms with E-state index in [-0.39, 0.29) is 11.8 Å². The van der Waals surface area contributed by atoms with E-state index in [1.807, 2.05) is 0 Å². The number of hydrogen-bond donors (Lipinski definition) is 2. The number of nitrogens with zero attached hydrogens (tertiary/aromatic N) is 1. The summed E-state index contributed by atoms with van der Waals surface area (Å²) < 4.78 is 0. The Balaban J connectivity index is 2.29. The normalized spacial score (nSPS) is 9.55. The van der Waals surface area contributed by atoms with Crippen LogP contribution in [0.5, 0.6) is 0 Å². The first-order chi connectivity index (χ1) is 5.33. The van der Waals surface area contributed by atoms with Crippen LogP contribution in [0.25, 0.3) is 0 Å².